The van der Waals surface area contributed by atoms with Crippen LogP contribution >= 0.6 is 0 Å². The van der Waals surface area contributed by atoms with Crippen molar-refractivity contribution in [3.05, 3.63) is 90.3 Å². The Labute approximate surface area is 153 Å². The zero-order chi connectivity index (χ0) is 18.6. The normalized spacial score (nSPS) is 11.3. The number of pyridine rings is 1. The van der Waals surface area contributed by atoms with Gasteiger partial charge >= 0.3 is 0 Å². The average Bonchev–Trinajstić information content (AvgIpc) is 2.67. The fourth-order valence-electron chi connectivity index (χ4n) is 2.44. The van der Waals surface area contributed by atoms with Gasteiger partial charge in [-0.1, -0.05) is 60.7 Å². The topological polar surface area (TPSA) is 62.6 Å². The molecule has 3 rings (SSSR count). The highest BCUT2D eigenvalue weighted by atomic mass is 32.2. The van der Waals surface area contributed by atoms with Crippen LogP contribution in [-0.2, 0) is 10.0 Å². The van der Waals surface area contributed by atoms with Gasteiger partial charge in [-0.05, 0) is 6.07 Å². The fraction of sp³-hybridized carbons (Fsp3) is 0.100. The molecule has 5 nitrogen and oxygen atoms in total. The van der Waals surface area contributed by atoms with Crippen molar-refractivity contribution >= 4 is 21.4 Å². The Bertz CT molecular complexity index is 974. The molecule has 0 aliphatic carbocycles. The van der Waals surface area contributed by atoms with Crippen molar-refractivity contribution in [3.8, 4) is 0 Å². The van der Waals surface area contributed by atoms with Gasteiger partial charge in [0.05, 0.1) is 17.6 Å². The first-order valence-corrected chi connectivity index (χ1v) is 9.49. The Morgan fingerprint density at radius 2 is 1.42 bits per heavy atom. The maximum atomic E-state index is 12.3. The van der Waals surface area contributed by atoms with E-state index in [9.17, 15) is 8.42 Å². The minimum absolute atomic E-state index is 0.115. The molecule has 2 aromatic carbocycles. The molecule has 0 bridgehead atoms. The SMILES string of the molecule is CN(C)S(=O)(=O)c1cncc(N=C(c2ccccc2)c2ccccc2)c1. The van der Waals surface area contributed by atoms with Gasteiger partial charge in [0.25, 0.3) is 0 Å². The summed E-state index contributed by atoms with van der Waals surface area (Å²) in [6.45, 7) is 0. The van der Waals surface area contributed by atoms with E-state index in [1.54, 1.807) is 6.20 Å². The van der Waals surface area contributed by atoms with Crippen LogP contribution in [0.15, 0.2) is 89.0 Å². The Morgan fingerprint density at radius 1 is 0.885 bits per heavy atom. The lowest BCUT2D eigenvalue weighted by atomic mass is 10.0. The molecule has 1 aromatic heterocycles. The predicted molar refractivity (Wildman–Crippen MR) is 103 cm³/mol. The molecule has 0 spiro atoms. The third-order valence-electron chi connectivity index (χ3n) is 3.81. The molecule has 6 heteroatoms. The van der Waals surface area contributed by atoms with E-state index in [4.69, 9.17) is 4.99 Å². The summed E-state index contributed by atoms with van der Waals surface area (Å²) in [4.78, 5) is 8.88. The maximum Gasteiger partial charge on any atom is 0.244 e. The fourth-order valence-corrected chi connectivity index (χ4v) is 3.32. The molecule has 3 aromatic rings. The summed E-state index contributed by atoms with van der Waals surface area (Å²) in [5.74, 6) is 0. The van der Waals surface area contributed by atoms with Crippen LogP contribution in [0.25, 0.3) is 0 Å². The number of sulfonamides is 1. The summed E-state index contributed by atoms with van der Waals surface area (Å²) in [5.41, 5.74) is 3.13. The third kappa shape index (κ3) is 3.87. The molecule has 0 amide bonds. The van der Waals surface area contributed by atoms with Crippen LogP contribution in [0.1, 0.15) is 11.1 Å². The zero-order valence-corrected chi connectivity index (χ0v) is 15.4. The van der Waals surface area contributed by atoms with Gasteiger partial charge in [-0.15, -0.1) is 0 Å². The van der Waals surface area contributed by atoms with Crippen molar-refractivity contribution in [1.82, 2.24) is 9.29 Å². The van der Waals surface area contributed by atoms with Crippen LogP contribution < -0.4 is 0 Å². The Kier molecular flexibility index (Phi) is 5.25. The Hall–Kier alpha value is -2.83. The van der Waals surface area contributed by atoms with Crippen molar-refractivity contribution in [2.75, 3.05) is 14.1 Å². The summed E-state index contributed by atoms with van der Waals surface area (Å²) < 4.78 is 25.9. The summed E-state index contributed by atoms with van der Waals surface area (Å²) >= 11 is 0. The first-order valence-electron chi connectivity index (χ1n) is 8.05. The summed E-state index contributed by atoms with van der Waals surface area (Å²) in [6, 6.07) is 21.1. The molecule has 0 fully saturated rings. The number of benzene rings is 2. The number of hydrogen-bond donors (Lipinski definition) is 0. The van der Waals surface area contributed by atoms with Crippen molar-refractivity contribution in [3.63, 3.8) is 0 Å². The quantitative estimate of drug-likeness (QED) is 0.650. The zero-order valence-electron chi connectivity index (χ0n) is 14.6. The second kappa shape index (κ2) is 7.59. The van der Waals surface area contributed by atoms with E-state index in [0.717, 1.165) is 21.1 Å². The van der Waals surface area contributed by atoms with Crippen LogP contribution in [0, 0.1) is 0 Å². The molecule has 0 unspecified atom stereocenters. The van der Waals surface area contributed by atoms with Crippen LogP contribution in [-0.4, -0.2) is 37.5 Å². The smallest absolute Gasteiger partial charge is 0.244 e. The number of aliphatic imine (C=N–C) groups is 1. The highest BCUT2D eigenvalue weighted by Crippen LogP contribution is 2.21. The van der Waals surface area contributed by atoms with Gasteiger partial charge < -0.3 is 0 Å². The molecule has 0 saturated heterocycles. The number of rotatable bonds is 5. The number of aromatic nitrogens is 1. The lowest BCUT2D eigenvalue weighted by Crippen LogP contribution is -2.22. The van der Waals surface area contributed by atoms with Gasteiger partial charge in [-0.2, -0.15) is 0 Å². The molecule has 132 valence electrons. The average molecular weight is 365 g/mol. The lowest BCUT2D eigenvalue weighted by Gasteiger charge is -2.11. The van der Waals surface area contributed by atoms with E-state index in [0.29, 0.717) is 5.69 Å². The second-order valence-electron chi connectivity index (χ2n) is 5.86. The molecule has 0 radical (unpaired) electrons. The first kappa shape index (κ1) is 18.0. The van der Waals surface area contributed by atoms with Crippen molar-refractivity contribution < 1.29 is 8.42 Å². The van der Waals surface area contributed by atoms with Gasteiger partial charge in [-0.25, -0.2) is 17.7 Å². The highest BCUT2D eigenvalue weighted by Gasteiger charge is 2.18. The van der Waals surface area contributed by atoms with Crippen molar-refractivity contribution in [2.24, 2.45) is 4.99 Å². The third-order valence-corrected chi connectivity index (χ3v) is 5.59. The van der Waals surface area contributed by atoms with Gasteiger partial charge in [-0.3, -0.25) is 4.98 Å². The van der Waals surface area contributed by atoms with Crippen LogP contribution in [0.2, 0.25) is 0 Å². The molecule has 0 atom stereocenters. The van der Waals surface area contributed by atoms with E-state index < -0.39 is 10.0 Å². The highest BCUT2D eigenvalue weighted by molar-refractivity contribution is 7.89. The molecule has 1 heterocycles. The Balaban J connectivity index is 2.13. The van der Waals surface area contributed by atoms with E-state index in [-0.39, 0.29) is 4.90 Å². The largest absolute Gasteiger partial charge is 0.261 e. The molecular formula is C20H19N3O2S. The molecular weight excluding hydrogens is 346 g/mol. The lowest BCUT2D eigenvalue weighted by molar-refractivity contribution is 0.520. The monoisotopic (exact) mass is 365 g/mol. The Morgan fingerprint density at radius 3 is 1.92 bits per heavy atom. The minimum atomic E-state index is -3.56. The van der Waals surface area contributed by atoms with Gasteiger partial charge in [0.2, 0.25) is 10.0 Å². The molecule has 26 heavy (non-hydrogen) atoms. The van der Waals surface area contributed by atoms with E-state index >= 15 is 0 Å². The van der Waals surface area contributed by atoms with Crippen LogP contribution in [0.4, 0.5) is 5.69 Å². The van der Waals surface area contributed by atoms with Crippen molar-refractivity contribution in [1.29, 1.82) is 0 Å². The van der Waals surface area contributed by atoms with Crippen LogP contribution in [0.5, 0.6) is 0 Å². The minimum Gasteiger partial charge on any atom is -0.261 e. The second-order valence-corrected chi connectivity index (χ2v) is 8.01. The van der Waals surface area contributed by atoms with E-state index in [1.807, 2.05) is 60.7 Å². The summed E-state index contributed by atoms with van der Waals surface area (Å²) in [5, 5.41) is 0. The number of nitrogens with zero attached hydrogens (tertiary/aromatic N) is 3. The first-order chi connectivity index (χ1) is 12.5. The number of hydrogen-bond acceptors (Lipinski definition) is 4. The van der Waals surface area contributed by atoms with Gasteiger partial charge in [0.1, 0.15) is 4.90 Å². The summed E-state index contributed by atoms with van der Waals surface area (Å²) in [7, 11) is -0.581. The van der Waals surface area contributed by atoms with Gasteiger partial charge in [0.15, 0.2) is 0 Å². The van der Waals surface area contributed by atoms with E-state index in [1.165, 1.54) is 26.4 Å². The molecule has 0 N–H and O–H groups in total. The maximum absolute atomic E-state index is 12.3. The summed E-state index contributed by atoms with van der Waals surface area (Å²) in [6.07, 6.45) is 2.89. The van der Waals surface area contributed by atoms with Gasteiger partial charge in [0, 0.05) is 31.4 Å². The van der Waals surface area contributed by atoms with Crippen LogP contribution in [0.3, 0.4) is 0 Å². The molecule has 0 saturated carbocycles. The predicted octanol–water partition coefficient (Wildman–Crippen LogP) is 3.50. The van der Waals surface area contributed by atoms with Crippen molar-refractivity contribution in [2.45, 2.75) is 4.90 Å². The molecule has 0 aliphatic heterocycles. The molecule has 0 aliphatic rings. The standard InChI is InChI=1S/C20H19N3O2S/c1-23(2)26(24,25)19-13-18(14-21-15-19)22-20(16-9-5-3-6-10-16)17-11-7-4-8-12-17/h3-15H,1-2H3. The van der Waals surface area contributed by atoms with E-state index in [2.05, 4.69) is 4.98 Å².